The lowest BCUT2D eigenvalue weighted by atomic mass is 10.1. The average molecular weight is 236 g/mol. The first kappa shape index (κ1) is 11.0. The predicted octanol–water partition coefficient (Wildman–Crippen LogP) is 3.03. The molecule has 0 amide bonds. The summed E-state index contributed by atoms with van der Waals surface area (Å²) in [7, 11) is 0. The summed E-state index contributed by atoms with van der Waals surface area (Å²) in [5, 5.41) is 4.85. The first-order chi connectivity index (χ1) is 7.49. The molecule has 0 unspecified atom stereocenters. The number of aromatic nitrogens is 2. The summed E-state index contributed by atoms with van der Waals surface area (Å²) >= 11 is 6.02. The smallest absolute Gasteiger partial charge is 0.146 e. The number of hydrogen-bond donors (Lipinski definition) is 1. The Morgan fingerprint density at radius 2 is 1.69 bits per heavy atom. The second-order valence-electron chi connectivity index (χ2n) is 4.04. The van der Waals surface area contributed by atoms with Gasteiger partial charge in [-0.1, -0.05) is 17.7 Å². The monoisotopic (exact) mass is 235 g/mol. The van der Waals surface area contributed by atoms with E-state index in [1.54, 1.807) is 4.68 Å². The van der Waals surface area contributed by atoms with Gasteiger partial charge in [-0.25, -0.2) is 4.68 Å². The van der Waals surface area contributed by atoms with E-state index in [2.05, 4.69) is 11.2 Å². The standard InChI is InChI=1S/C12H14ClN3/c1-7-4-8(2)6-10(5-7)16-12(14)11(13)9(3)15-16/h4-6H,14H2,1-3H3. The van der Waals surface area contributed by atoms with Crippen LogP contribution in [0.15, 0.2) is 18.2 Å². The molecule has 0 spiro atoms. The maximum Gasteiger partial charge on any atom is 0.146 e. The highest BCUT2D eigenvalue weighted by molar-refractivity contribution is 6.33. The van der Waals surface area contributed by atoms with E-state index < -0.39 is 0 Å². The SMILES string of the molecule is Cc1cc(C)cc(-n2nc(C)c(Cl)c2N)c1. The van der Waals surface area contributed by atoms with Gasteiger partial charge in [-0.15, -0.1) is 0 Å². The molecule has 1 aromatic carbocycles. The highest BCUT2D eigenvalue weighted by Crippen LogP contribution is 2.26. The minimum Gasteiger partial charge on any atom is -0.382 e. The van der Waals surface area contributed by atoms with Crippen LogP contribution in [-0.4, -0.2) is 9.78 Å². The molecule has 0 aliphatic carbocycles. The zero-order chi connectivity index (χ0) is 11.9. The number of rotatable bonds is 1. The fourth-order valence-corrected chi connectivity index (χ4v) is 1.91. The molecule has 2 aromatic rings. The molecule has 0 bridgehead atoms. The average Bonchev–Trinajstić information content (AvgIpc) is 2.44. The van der Waals surface area contributed by atoms with Gasteiger partial charge < -0.3 is 5.73 Å². The molecule has 16 heavy (non-hydrogen) atoms. The molecule has 2 rings (SSSR count). The summed E-state index contributed by atoms with van der Waals surface area (Å²) in [5.41, 5.74) is 9.96. The molecule has 1 heterocycles. The van der Waals surface area contributed by atoms with Crippen LogP contribution >= 0.6 is 11.6 Å². The summed E-state index contributed by atoms with van der Waals surface area (Å²) in [6, 6.07) is 6.18. The lowest BCUT2D eigenvalue weighted by Gasteiger charge is -2.06. The number of nitrogens with zero attached hydrogens (tertiary/aromatic N) is 2. The number of nitrogens with two attached hydrogens (primary N) is 1. The normalized spacial score (nSPS) is 10.8. The number of anilines is 1. The van der Waals surface area contributed by atoms with Crippen molar-refractivity contribution in [3.8, 4) is 5.69 Å². The van der Waals surface area contributed by atoms with Crippen LogP contribution in [0.5, 0.6) is 0 Å². The molecule has 0 radical (unpaired) electrons. The number of benzene rings is 1. The lowest BCUT2D eigenvalue weighted by Crippen LogP contribution is -2.02. The molecule has 3 nitrogen and oxygen atoms in total. The van der Waals surface area contributed by atoms with Crippen molar-refractivity contribution in [2.24, 2.45) is 0 Å². The second kappa shape index (κ2) is 3.83. The first-order valence-corrected chi connectivity index (χ1v) is 5.46. The van der Waals surface area contributed by atoms with Gasteiger partial charge in [0.05, 0.1) is 11.4 Å². The van der Waals surface area contributed by atoms with Gasteiger partial charge in [0.1, 0.15) is 10.8 Å². The molecule has 4 heteroatoms. The number of aryl methyl sites for hydroxylation is 3. The third kappa shape index (κ3) is 1.78. The summed E-state index contributed by atoms with van der Waals surface area (Å²) in [5.74, 6) is 0.490. The molecule has 0 saturated carbocycles. The van der Waals surface area contributed by atoms with E-state index in [1.165, 1.54) is 11.1 Å². The van der Waals surface area contributed by atoms with Crippen molar-refractivity contribution < 1.29 is 0 Å². The van der Waals surface area contributed by atoms with Crippen LogP contribution in [0, 0.1) is 20.8 Å². The predicted molar refractivity (Wildman–Crippen MR) is 67.2 cm³/mol. The van der Waals surface area contributed by atoms with Gasteiger partial charge in [-0.2, -0.15) is 5.10 Å². The molecule has 0 fully saturated rings. The lowest BCUT2D eigenvalue weighted by molar-refractivity contribution is 0.869. The van der Waals surface area contributed by atoms with E-state index in [0.29, 0.717) is 10.8 Å². The Morgan fingerprint density at radius 3 is 2.12 bits per heavy atom. The Kier molecular flexibility index (Phi) is 2.64. The summed E-state index contributed by atoms with van der Waals surface area (Å²) in [4.78, 5) is 0. The van der Waals surface area contributed by atoms with Crippen molar-refractivity contribution >= 4 is 17.4 Å². The van der Waals surface area contributed by atoms with Crippen LogP contribution in [0.3, 0.4) is 0 Å². The van der Waals surface area contributed by atoms with Crippen molar-refractivity contribution in [2.75, 3.05) is 5.73 Å². The van der Waals surface area contributed by atoms with Crippen molar-refractivity contribution in [1.29, 1.82) is 0 Å². The van der Waals surface area contributed by atoms with E-state index in [-0.39, 0.29) is 0 Å². The van der Waals surface area contributed by atoms with Gasteiger partial charge >= 0.3 is 0 Å². The molecular weight excluding hydrogens is 222 g/mol. The van der Waals surface area contributed by atoms with Crippen molar-refractivity contribution in [2.45, 2.75) is 20.8 Å². The zero-order valence-corrected chi connectivity index (χ0v) is 10.3. The van der Waals surface area contributed by atoms with Crippen LogP contribution in [0.1, 0.15) is 16.8 Å². The van der Waals surface area contributed by atoms with Crippen molar-refractivity contribution in [3.05, 3.63) is 40.0 Å². The minimum absolute atomic E-state index is 0.490. The highest BCUT2D eigenvalue weighted by Gasteiger charge is 2.11. The van der Waals surface area contributed by atoms with E-state index in [1.807, 2.05) is 32.9 Å². The Balaban J connectivity index is 2.62. The van der Waals surface area contributed by atoms with E-state index >= 15 is 0 Å². The van der Waals surface area contributed by atoms with Crippen molar-refractivity contribution in [1.82, 2.24) is 9.78 Å². The third-order valence-corrected chi connectivity index (χ3v) is 2.94. The molecule has 84 valence electrons. The van der Waals surface area contributed by atoms with Gasteiger partial charge in [0, 0.05) is 0 Å². The largest absolute Gasteiger partial charge is 0.382 e. The quantitative estimate of drug-likeness (QED) is 0.826. The van der Waals surface area contributed by atoms with Gasteiger partial charge in [-0.3, -0.25) is 0 Å². The number of nitrogen functional groups attached to an aromatic ring is 1. The van der Waals surface area contributed by atoms with Gasteiger partial charge in [0.2, 0.25) is 0 Å². The molecule has 0 aliphatic rings. The topological polar surface area (TPSA) is 43.8 Å². The van der Waals surface area contributed by atoms with Gasteiger partial charge in [0.15, 0.2) is 0 Å². The third-order valence-electron chi connectivity index (χ3n) is 2.47. The zero-order valence-electron chi connectivity index (χ0n) is 9.58. The van der Waals surface area contributed by atoms with E-state index in [4.69, 9.17) is 17.3 Å². The van der Waals surface area contributed by atoms with E-state index in [0.717, 1.165) is 11.4 Å². The summed E-state index contributed by atoms with van der Waals surface area (Å²) in [6.45, 7) is 5.94. The Bertz CT molecular complexity index is 523. The Labute approximate surface area is 99.8 Å². The summed E-state index contributed by atoms with van der Waals surface area (Å²) < 4.78 is 1.68. The van der Waals surface area contributed by atoms with Gasteiger partial charge in [0.25, 0.3) is 0 Å². The molecule has 0 atom stereocenters. The first-order valence-electron chi connectivity index (χ1n) is 5.08. The maximum absolute atomic E-state index is 6.02. The summed E-state index contributed by atoms with van der Waals surface area (Å²) in [6.07, 6.45) is 0. The van der Waals surface area contributed by atoms with Crippen LogP contribution < -0.4 is 5.73 Å². The molecule has 2 N–H and O–H groups in total. The van der Waals surface area contributed by atoms with Crippen molar-refractivity contribution in [3.63, 3.8) is 0 Å². The molecule has 0 saturated heterocycles. The van der Waals surface area contributed by atoms with E-state index in [9.17, 15) is 0 Å². The Morgan fingerprint density at radius 1 is 1.12 bits per heavy atom. The second-order valence-corrected chi connectivity index (χ2v) is 4.42. The number of hydrogen-bond acceptors (Lipinski definition) is 2. The highest BCUT2D eigenvalue weighted by atomic mass is 35.5. The minimum atomic E-state index is 0.490. The van der Waals surface area contributed by atoms with Crippen LogP contribution in [0.4, 0.5) is 5.82 Å². The van der Waals surface area contributed by atoms with Crippen LogP contribution in [0.25, 0.3) is 5.69 Å². The molecule has 1 aromatic heterocycles. The van der Waals surface area contributed by atoms with Gasteiger partial charge in [-0.05, 0) is 44.0 Å². The fraction of sp³-hybridized carbons (Fsp3) is 0.250. The molecular formula is C12H14ClN3. The van der Waals surface area contributed by atoms with Crippen LogP contribution in [-0.2, 0) is 0 Å². The maximum atomic E-state index is 6.02. The van der Waals surface area contributed by atoms with Crippen LogP contribution in [0.2, 0.25) is 5.02 Å². The number of halogens is 1. The fourth-order valence-electron chi connectivity index (χ4n) is 1.80. The Hall–Kier alpha value is -1.48. The molecule has 0 aliphatic heterocycles.